The smallest absolute Gasteiger partial charge is 0.418 e. The lowest BCUT2D eigenvalue weighted by atomic mass is 10.1. The van der Waals surface area contributed by atoms with Crippen LogP contribution in [-0.2, 0) is 14.4 Å². The molecular weight excluding hydrogens is 711 g/mol. The fourth-order valence-electron chi connectivity index (χ4n) is 2.16. The molecule has 0 fully saturated rings. The van der Waals surface area contributed by atoms with Crippen LogP contribution < -0.4 is 14.2 Å². The Bertz CT molecular complexity index is 1240. The molecule has 0 unspecified atom stereocenters. The van der Waals surface area contributed by atoms with E-state index in [1.807, 2.05) is 0 Å². The van der Waals surface area contributed by atoms with Crippen LogP contribution in [-0.4, -0.2) is 72.0 Å². The molecule has 45 heavy (non-hydrogen) atoms. The number of halogens is 21. The van der Waals surface area contributed by atoms with Crippen LogP contribution in [0.1, 0.15) is 0 Å². The molecular formula is C18H3F21O6. The summed E-state index contributed by atoms with van der Waals surface area (Å²) in [5.74, 6) is -65.1. The number of ether oxygens (including phenoxy) is 3. The van der Waals surface area contributed by atoms with E-state index in [1.54, 1.807) is 0 Å². The highest BCUT2D eigenvalue weighted by Crippen LogP contribution is 2.51. The largest absolute Gasteiger partial charge is 0.460 e. The van der Waals surface area contributed by atoms with E-state index in [4.69, 9.17) is 0 Å². The molecule has 6 nitrogen and oxygen atoms in total. The predicted molar refractivity (Wildman–Crippen MR) is 91.2 cm³/mol. The van der Waals surface area contributed by atoms with Crippen LogP contribution in [0.3, 0.4) is 0 Å². The number of hydrogen-bond acceptors (Lipinski definition) is 6. The van der Waals surface area contributed by atoms with Gasteiger partial charge in [-0.25, -0.2) is 14.4 Å². The van der Waals surface area contributed by atoms with Crippen molar-refractivity contribution in [3.8, 4) is 17.2 Å². The Morgan fingerprint density at radius 2 is 0.622 bits per heavy atom. The number of hydrogen-bond donors (Lipinski definition) is 0. The minimum atomic E-state index is -7.52. The van der Waals surface area contributed by atoms with Gasteiger partial charge in [-0.05, 0) is 12.1 Å². The van der Waals surface area contributed by atoms with E-state index in [-0.39, 0.29) is 6.07 Å². The third-order valence-electron chi connectivity index (χ3n) is 4.56. The molecule has 0 spiro atoms. The first-order valence-electron chi connectivity index (χ1n) is 9.80. The van der Waals surface area contributed by atoms with Crippen molar-refractivity contribution in [1.82, 2.24) is 0 Å². The van der Waals surface area contributed by atoms with Crippen LogP contribution in [0.4, 0.5) is 92.2 Å². The zero-order valence-electron chi connectivity index (χ0n) is 19.6. The first-order chi connectivity index (χ1) is 19.5. The number of alkyl halides is 21. The average molecular weight is 714 g/mol. The van der Waals surface area contributed by atoms with Gasteiger partial charge in [0, 0.05) is 0 Å². The van der Waals surface area contributed by atoms with Crippen molar-refractivity contribution in [3.63, 3.8) is 0 Å². The second-order valence-electron chi connectivity index (χ2n) is 7.69. The van der Waals surface area contributed by atoms with Crippen molar-refractivity contribution in [3.05, 3.63) is 18.2 Å². The Kier molecular flexibility index (Phi) is 9.75. The zero-order valence-corrected chi connectivity index (χ0v) is 19.6. The molecule has 0 N–H and O–H groups in total. The topological polar surface area (TPSA) is 78.9 Å². The lowest BCUT2D eigenvalue weighted by Gasteiger charge is -2.28. The van der Waals surface area contributed by atoms with Crippen LogP contribution in [0.2, 0.25) is 0 Å². The summed E-state index contributed by atoms with van der Waals surface area (Å²) in [6, 6.07) is -1.10. The SMILES string of the molecule is O=C(Oc1cccc(OC(=O)C(F)(F)C(F)(F)C(F)(F)F)c1OC(=O)C(F)(F)C(F)(F)C(F)(F)F)C(F)(F)C(F)(F)C(F)(F)F. The molecule has 0 aliphatic rings. The molecule has 1 rings (SSSR count). The minimum absolute atomic E-state index is 0.189. The van der Waals surface area contributed by atoms with Crippen molar-refractivity contribution in [1.29, 1.82) is 0 Å². The van der Waals surface area contributed by atoms with E-state index < -0.39 is 101 Å². The lowest BCUT2D eigenvalue weighted by Crippen LogP contribution is -2.58. The number of carbonyl (C=O) groups excluding carboxylic acids is 3. The second kappa shape index (κ2) is 11.2. The normalized spacial score (nSPS) is 14.6. The highest BCUT2D eigenvalue weighted by atomic mass is 19.4. The second-order valence-corrected chi connectivity index (χ2v) is 7.69. The van der Waals surface area contributed by atoms with E-state index in [2.05, 4.69) is 14.2 Å². The van der Waals surface area contributed by atoms with Crippen molar-refractivity contribution in [2.24, 2.45) is 0 Å². The van der Waals surface area contributed by atoms with Crippen molar-refractivity contribution in [2.75, 3.05) is 0 Å². The standard InChI is InChI=1S/C18H3F21O6/c19-10(20,13(25,26)16(31,32)33)7(40)43-4-2-1-3-5(44-8(41)11(21,22)14(27,28)17(34,35)36)6(4)45-9(42)12(23,24)15(29,30)18(37,38)39/h1-3H. The monoisotopic (exact) mass is 714 g/mol. The van der Waals surface area contributed by atoms with Gasteiger partial charge >= 0.3 is 72.0 Å². The third-order valence-corrected chi connectivity index (χ3v) is 4.56. The molecule has 0 aliphatic carbocycles. The van der Waals surface area contributed by atoms with E-state index in [0.717, 1.165) is 0 Å². The molecule has 0 saturated heterocycles. The fourth-order valence-corrected chi connectivity index (χ4v) is 2.16. The molecule has 0 atom stereocenters. The van der Waals surface area contributed by atoms with Gasteiger partial charge in [-0.2, -0.15) is 92.2 Å². The van der Waals surface area contributed by atoms with Gasteiger partial charge in [0.05, 0.1) is 0 Å². The molecule has 1 aromatic carbocycles. The minimum Gasteiger partial charge on any atom is -0.418 e. The lowest BCUT2D eigenvalue weighted by molar-refractivity contribution is -0.347. The summed E-state index contributed by atoms with van der Waals surface area (Å²) < 4.78 is 281. The molecule has 0 radical (unpaired) electrons. The van der Waals surface area contributed by atoms with Crippen LogP contribution >= 0.6 is 0 Å². The third kappa shape index (κ3) is 6.60. The average Bonchev–Trinajstić information content (AvgIpc) is 2.82. The van der Waals surface area contributed by atoms with E-state index in [1.165, 1.54) is 0 Å². The summed E-state index contributed by atoms with van der Waals surface area (Å²) in [6.45, 7) is 0. The summed E-state index contributed by atoms with van der Waals surface area (Å²) in [5.41, 5.74) is 0. The van der Waals surface area contributed by atoms with Gasteiger partial charge in [0.25, 0.3) is 0 Å². The summed E-state index contributed by atoms with van der Waals surface area (Å²) in [6.07, 6.45) is -22.1. The highest BCUT2D eigenvalue weighted by molar-refractivity contribution is 5.87. The quantitative estimate of drug-likeness (QED) is 0.158. The molecule has 258 valence electrons. The van der Waals surface area contributed by atoms with Crippen LogP contribution in [0.15, 0.2) is 18.2 Å². The molecule has 1 aromatic rings. The fraction of sp³-hybridized carbons (Fsp3) is 0.500. The van der Waals surface area contributed by atoms with Crippen LogP contribution in [0.25, 0.3) is 0 Å². The Hall–Kier alpha value is -3.84. The number of benzene rings is 1. The molecule has 0 aliphatic heterocycles. The van der Waals surface area contributed by atoms with Crippen LogP contribution in [0.5, 0.6) is 17.2 Å². The summed E-state index contributed by atoms with van der Waals surface area (Å²) in [4.78, 5) is 34.4. The summed E-state index contributed by atoms with van der Waals surface area (Å²) in [7, 11) is 0. The van der Waals surface area contributed by atoms with Gasteiger partial charge in [0.15, 0.2) is 11.5 Å². The molecule has 0 amide bonds. The number of rotatable bonds is 9. The first kappa shape index (κ1) is 39.2. The Morgan fingerprint density at radius 3 is 0.844 bits per heavy atom. The van der Waals surface area contributed by atoms with Gasteiger partial charge in [-0.3, -0.25) is 0 Å². The van der Waals surface area contributed by atoms with E-state index >= 15 is 0 Å². The summed E-state index contributed by atoms with van der Waals surface area (Å²) in [5, 5.41) is 0. The molecule has 0 saturated carbocycles. The maximum atomic E-state index is 13.7. The Labute approximate surface area is 229 Å². The van der Waals surface area contributed by atoms with Gasteiger partial charge in [0.2, 0.25) is 5.75 Å². The number of carbonyl (C=O) groups is 3. The van der Waals surface area contributed by atoms with Crippen LogP contribution in [0, 0.1) is 0 Å². The highest BCUT2D eigenvalue weighted by Gasteiger charge is 2.79. The number of para-hydroxylation sites is 1. The first-order valence-corrected chi connectivity index (χ1v) is 9.80. The van der Waals surface area contributed by atoms with E-state index in [0.29, 0.717) is 0 Å². The Morgan fingerprint density at radius 1 is 0.400 bits per heavy atom. The Balaban J connectivity index is 3.86. The van der Waals surface area contributed by atoms with Crippen molar-refractivity contribution < 1.29 is 121 Å². The van der Waals surface area contributed by atoms with Crippen molar-refractivity contribution >= 4 is 17.9 Å². The molecule has 0 aromatic heterocycles. The van der Waals surface area contributed by atoms with Crippen molar-refractivity contribution in [2.45, 2.75) is 54.1 Å². The molecule has 0 heterocycles. The zero-order chi connectivity index (χ0) is 36.2. The molecule has 27 heteroatoms. The maximum absolute atomic E-state index is 13.7. The number of esters is 3. The van der Waals surface area contributed by atoms with Gasteiger partial charge < -0.3 is 14.2 Å². The maximum Gasteiger partial charge on any atom is 0.460 e. The van der Waals surface area contributed by atoms with Gasteiger partial charge in [0.1, 0.15) is 0 Å². The van der Waals surface area contributed by atoms with Gasteiger partial charge in [-0.1, -0.05) is 6.07 Å². The van der Waals surface area contributed by atoms with E-state index in [9.17, 15) is 107 Å². The van der Waals surface area contributed by atoms with Gasteiger partial charge in [-0.15, -0.1) is 0 Å². The molecule has 0 bridgehead atoms. The predicted octanol–water partition coefficient (Wildman–Crippen LogP) is 6.90. The summed E-state index contributed by atoms with van der Waals surface area (Å²) >= 11 is 0.